The first-order chi connectivity index (χ1) is 14.3. The van der Waals surface area contributed by atoms with E-state index in [4.69, 9.17) is 0 Å². The predicted molar refractivity (Wildman–Crippen MR) is 115 cm³/mol. The molecular weight excluding hydrogens is 404 g/mol. The van der Waals surface area contributed by atoms with Crippen LogP contribution in [0.5, 0.6) is 0 Å². The van der Waals surface area contributed by atoms with Crippen molar-refractivity contribution in [2.45, 2.75) is 31.8 Å². The second-order valence-corrected chi connectivity index (χ2v) is 8.45. The summed E-state index contributed by atoms with van der Waals surface area (Å²) in [5.74, 6) is -0.0141. The van der Waals surface area contributed by atoms with Crippen molar-refractivity contribution in [3.8, 4) is 0 Å². The molecule has 0 radical (unpaired) electrons. The highest BCUT2D eigenvalue weighted by molar-refractivity contribution is 7.89. The van der Waals surface area contributed by atoms with Gasteiger partial charge in [-0.1, -0.05) is 24.3 Å². The van der Waals surface area contributed by atoms with E-state index >= 15 is 0 Å². The number of sulfonamides is 1. The average Bonchev–Trinajstić information content (AvgIpc) is 2.77. The van der Waals surface area contributed by atoms with Gasteiger partial charge < -0.3 is 15.5 Å². The lowest BCUT2D eigenvalue weighted by molar-refractivity contribution is 0.0773. The molecule has 0 heterocycles. The van der Waals surface area contributed by atoms with Gasteiger partial charge in [-0.2, -0.15) is 0 Å². The largest absolute Gasteiger partial charge is 0.339 e. The van der Waals surface area contributed by atoms with Gasteiger partial charge in [0.05, 0.1) is 4.90 Å². The number of nitrogens with zero attached hydrogens (tertiary/aromatic N) is 1. The molecule has 0 bridgehead atoms. The van der Waals surface area contributed by atoms with Gasteiger partial charge in [0.15, 0.2) is 0 Å². The van der Waals surface area contributed by atoms with Crippen LogP contribution in [0.25, 0.3) is 0 Å². The average molecular weight is 433 g/mol. The van der Waals surface area contributed by atoms with Crippen LogP contribution in [0.2, 0.25) is 0 Å². The van der Waals surface area contributed by atoms with Gasteiger partial charge >= 0.3 is 6.03 Å². The zero-order valence-corrected chi connectivity index (χ0v) is 18.3. The lowest BCUT2D eigenvalue weighted by Gasteiger charge is -2.18. The second-order valence-electron chi connectivity index (χ2n) is 6.57. The molecule has 0 saturated heterocycles. The third-order valence-corrected chi connectivity index (χ3v) is 6.05. The molecule has 2 rings (SSSR count). The van der Waals surface area contributed by atoms with E-state index in [0.29, 0.717) is 30.8 Å². The number of carbonyl (C=O) groups is 2. The number of carbonyl (C=O) groups excluding carboxylic acids is 2. The molecule has 0 aliphatic rings. The lowest BCUT2D eigenvalue weighted by Crippen LogP contribution is -2.34. The summed E-state index contributed by atoms with van der Waals surface area (Å²) >= 11 is 0. The van der Waals surface area contributed by atoms with E-state index in [2.05, 4.69) is 15.4 Å². The van der Waals surface area contributed by atoms with E-state index < -0.39 is 10.0 Å². The van der Waals surface area contributed by atoms with Gasteiger partial charge in [0.2, 0.25) is 10.0 Å². The first-order valence-corrected chi connectivity index (χ1v) is 11.2. The zero-order valence-electron chi connectivity index (χ0n) is 17.4. The van der Waals surface area contributed by atoms with Crippen molar-refractivity contribution >= 4 is 22.0 Å². The Hall–Kier alpha value is -2.91. The van der Waals surface area contributed by atoms with Crippen molar-refractivity contribution in [3.05, 3.63) is 65.2 Å². The van der Waals surface area contributed by atoms with Crippen molar-refractivity contribution in [2.24, 2.45) is 0 Å². The number of nitrogens with one attached hydrogen (secondary N) is 3. The third kappa shape index (κ3) is 6.30. The standard InChI is InChI=1S/C21H28N4O4S/c1-4-25(5-2)20(26)18-11-9-16(10-12-18)14-23-21(27)24-15-17-7-6-8-19(13-17)30(28,29)22-3/h6-13,22H,4-5,14-15H2,1-3H3,(H2,23,24,27). The summed E-state index contributed by atoms with van der Waals surface area (Å²) in [7, 11) is -2.18. The fourth-order valence-electron chi connectivity index (χ4n) is 2.83. The summed E-state index contributed by atoms with van der Waals surface area (Å²) in [4.78, 5) is 26.3. The maximum Gasteiger partial charge on any atom is 0.315 e. The Balaban J connectivity index is 1.87. The van der Waals surface area contributed by atoms with E-state index in [1.54, 1.807) is 29.2 Å². The summed E-state index contributed by atoms with van der Waals surface area (Å²) in [6.07, 6.45) is 0. The highest BCUT2D eigenvalue weighted by Crippen LogP contribution is 2.11. The van der Waals surface area contributed by atoms with Crippen LogP contribution in [0.1, 0.15) is 35.3 Å². The smallest absolute Gasteiger partial charge is 0.315 e. The fourth-order valence-corrected chi connectivity index (χ4v) is 3.63. The van der Waals surface area contributed by atoms with Crippen molar-refractivity contribution in [1.29, 1.82) is 0 Å². The Bertz CT molecular complexity index is 971. The van der Waals surface area contributed by atoms with E-state index in [0.717, 1.165) is 5.56 Å². The summed E-state index contributed by atoms with van der Waals surface area (Å²) in [5.41, 5.74) is 2.15. The second kappa shape index (κ2) is 10.7. The number of rotatable bonds is 9. The van der Waals surface area contributed by atoms with Crippen molar-refractivity contribution in [3.63, 3.8) is 0 Å². The van der Waals surface area contributed by atoms with Crippen molar-refractivity contribution in [2.75, 3.05) is 20.1 Å². The van der Waals surface area contributed by atoms with Crippen LogP contribution in [-0.2, 0) is 23.1 Å². The van der Waals surface area contributed by atoms with Gasteiger partial charge in [-0.05, 0) is 56.3 Å². The lowest BCUT2D eigenvalue weighted by atomic mass is 10.1. The summed E-state index contributed by atoms with van der Waals surface area (Å²) < 4.78 is 26.0. The SMILES string of the molecule is CCN(CC)C(=O)c1ccc(CNC(=O)NCc2cccc(S(=O)(=O)NC)c2)cc1. The molecule has 0 aromatic heterocycles. The molecule has 2 aromatic carbocycles. The number of urea groups is 1. The van der Waals surface area contributed by atoms with E-state index in [1.165, 1.54) is 19.2 Å². The van der Waals surface area contributed by atoms with Gasteiger partial charge in [-0.3, -0.25) is 4.79 Å². The highest BCUT2D eigenvalue weighted by atomic mass is 32.2. The van der Waals surface area contributed by atoms with Crippen LogP contribution in [0.3, 0.4) is 0 Å². The topological polar surface area (TPSA) is 108 Å². The molecule has 2 aromatic rings. The zero-order chi connectivity index (χ0) is 22.1. The third-order valence-electron chi connectivity index (χ3n) is 4.64. The maximum atomic E-state index is 12.3. The van der Waals surface area contributed by atoms with Crippen LogP contribution in [-0.4, -0.2) is 45.4 Å². The molecule has 0 aliphatic carbocycles. The summed E-state index contributed by atoms with van der Waals surface area (Å²) in [6.45, 7) is 5.68. The minimum Gasteiger partial charge on any atom is -0.339 e. The number of hydrogen-bond acceptors (Lipinski definition) is 4. The van der Waals surface area contributed by atoms with Gasteiger partial charge in [-0.15, -0.1) is 0 Å². The molecule has 162 valence electrons. The van der Waals surface area contributed by atoms with Crippen molar-refractivity contribution < 1.29 is 18.0 Å². The molecule has 8 nitrogen and oxygen atoms in total. The summed E-state index contributed by atoms with van der Waals surface area (Å²) in [5, 5.41) is 5.44. The van der Waals surface area contributed by atoms with Crippen LogP contribution in [0.15, 0.2) is 53.4 Å². The van der Waals surface area contributed by atoms with Gasteiger partial charge in [0, 0.05) is 31.7 Å². The Morgan fingerprint density at radius 3 is 2.07 bits per heavy atom. The summed E-state index contributed by atoms with van der Waals surface area (Å²) in [6, 6.07) is 13.1. The molecule has 0 atom stereocenters. The molecule has 0 fully saturated rings. The Kier molecular flexibility index (Phi) is 8.37. The van der Waals surface area contributed by atoms with Crippen LogP contribution in [0, 0.1) is 0 Å². The molecule has 0 aliphatic heterocycles. The first kappa shape index (κ1) is 23.4. The molecule has 0 saturated carbocycles. The number of hydrogen-bond donors (Lipinski definition) is 3. The number of amides is 3. The van der Waals surface area contributed by atoms with Gasteiger partial charge in [0.1, 0.15) is 0 Å². The Morgan fingerprint density at radius 2 is 1.50 bits per heavy atom. The number of benzene rings is 2. The van der Waals surface area contributed by atoms with Crippen LogP contribution >= 0.6 is 0 Å². The maximum absolute atomic E-state index is 12.3. The quantitative estimate of drug-likeness (QED) is 0.564. The molecule has 3 N–H and O–H groups in total. The minimum atomic E-state index is -3.53. The molecule has 30 heavy (non-hydrogen) atoms. The van der Waals surface area contributed by atoms with E-state index in [-0.39, 0.29) is 23.4 Å². The van der Waals surface area contributed by atoms with Crippen LogP contribution in [0.4, 0.5) is 4.79 Å². The van der Waals surface area contributed by atoms with Crippen LogP contribution < -0.4 is 15.4 Å². The van der Waals surface area contributed by atoms with E-state index in [1.807, 2.05) is 26.0 Å². The molecule has 9 heteroatoms. The Labute approximate surface area is 177 Å². The molecule has 0 spiro atoms. The highest BCUT2D eigenvalue weighted by Gasteiger charge is 2.13. The van der Waals surface area contributed by atoms with Gasteiger partial charge in [0.25, 0.3) is 5.91 Å². The van der Waals surface area contributed by atoms with E-state index in [9.17, 15) is 18.0 Å². The van der Waals surface area contributed by atoms with Crippen molar-refractivity contribution in [1.82, 2.24) is 20.3 Å². The predicted octanol–water partition coefficient (Wildman–Crippen LogP) is 2.08. The normalized spacial score (nSPS) is 11.0. The minimum absolute atomic E-state index is 0.0141. The molecule has 0 unspecified atom stereocenters. The van der Waals surface area contributed by atoms with Gasteiger partial charge in [-0.25, -0.2) is 17.9 Å². The fraction of sp³-hybridized carbons (Fsp3) is 0.333. The monoisotopic (exact) mass is 432 g/mol. The Morgan fingerprint density at radius 1 is 0.900 bits per heavy atom. The molecular formula is C21H28N4O4S. The first-order valence-electron chi connectivity index (χ1n) is 9.73. The molecule has 3 amide bonds.